The van der Waals surface area contributed by atoms with Gasteiger partial charge in [0.1, 0.15) is 0 Å². The average molecular weight is 253 g/mol. The Bertz CT molecular complexity index is 432. The lowest BCUT2D eigenvalue weighted by molar-refractivity contribution is -0.137. The van der Waals surface area contributed by atoms with Crippen LogP contribution in [0, 0.1) is 0 Å². The van der Waals surface area contributed by atoms with Gasteiger partial charge in [0, 0.05) is 5.56 Å². The molecule has 0 aromatic heterocycles. The lowest BCUT2D eigenvalue weighted by Crippen LogP contribution is -2.23. The molecule has 0 radical (unpaired) electrons. The van der Waals surface area contributed by atoms with E-state index in [9.17, 15) is 9.59 Å². The Labute approximate surface area is 105 Å². The summed E-state index contributed by atoms with van der Waals surface area (Å²) in [5.74, 6) is -0.113. The van der Waals surface area contributed by atoms with Gasteiger partial charge in [0.25, 0.3) is 0 Å². The number of carbonyl (C=O) groups is 2. The number of carbonyl (C=O) groups excluding carboxylic acids is 1. The Kier molecular flexibility index (Phi) is 4.98. The van der Waals surface area contributed by atoms with Gasteiger partial charge >= 0.3 is 5.97 Å². The van der Waals surface area contributed by atoms with E-state index < -0.39 is 12.0 Å². The predicted octanol–water partition coefficient (Wildman–Crippen LogP) is 0.966. The Morgan fingerprint density at radius 1 is 1.44 bits per heavy atom. The number of benzene rings is 1. The maximum Gasteiger partial charge on any atom is 0.305 e. The molecule has 0 fully saturated rings. The number of amides is 1. The molecule has 0 saturated carbocycles. The molecule has 0 aliphatic carbocycles. The fourth-order valence-electron chi connectivity index (χ4n) is 1.70. The van der Waals surface area contributed by atoms with Crippen molar-refractivity contribution in [3.63, 3.8) is 0 Å². The highest BCUT2D eigenvalue weighted by atomic mass is 16.5. The standard InChI is InChI=1S/C12H15NO5/c1-17-10-5-3-4-8(12(10)18-2)9(13-7-14)6-11(15)16/h3-5,7,9H,6H2,1-2H3,(H,13,14)(H,15,16). The third kappa shape index (κ3) is 3.13. The van der Waals surface area contributed by atoms with E-state index in [0.717, 1.165) is 0 Å². The topological polar surface area (TPSA) is 84.9 Å². The highest BCUT2D eigenvalue weighted by Gasteiger charge is 2.21. The summed E-state index contributed by atoms with van der Waals surface area (Å²) in [4.78, 5) is 21.3. The fourth-order valence-corrected chi connectivity index (χ4v) is 1.70. The number of hydrogen-bond donors (Lipinski definition) is 2. The summed E-state index contributed by atoms with van der Waals surface area (Å²) in [6, 6.07) is 4.43. The molecule has 6 nitrogen and oxygen atoms in total. The molecule has 1 rings (SSSR count). The molecule has 98 valence electrons. The molecule has 6 heteroatoms. The highest BCUT2D eigenvalue weighted by molar-refractivity contribution is 5.69. The molecular weight excluding hydrogens is 238 g/mol. The minimum absolute atomic E-state index is 0.234. The molecule has 18 heavy (non-hydrogen) atoms. The van der Waals surface area contributed by atoms with Crippen LogP contribution in [0.3, 0.4) is 0 Å². The summed E-state index contributed by atoms with van der Waals surface area (Å²) in [7, 11) is 2.95. The summed E-state index contributed by atoms with van der Waals surface area (Å²) in [5.41, 5.74) is 0.561. The zero-order valence-corrected chi connectivity index (χ0v) is 10.2. The normalized spacial score (nSPS) is 11.4. The van der Waals surface area contributed by atoms with Crippen LogP contribution in [0.15, 0.2) is 18.2 Å². The Morgan fingerprint density at radius 3 is 2.67 bits per heavy atom. The van der Waals surface area contributed by atoms with Crippen molar-refractivity contribution in [3.05, 3.63) is 23.8 Å². The fraction of sp³-hybridized carbons (Fsp3) is 0.333. The van der Waals surface area contributed by atoms with Gasteiger partial charge in [-0.1, -0.05) is 12.1 Å². The molecule has 1 atom stereocenters. The van der Waals surface area contributed by atoms with Crippen molar-refractivity contribution in [1.82, 2.24) is 5.32 Å². The predicted molar refractivity (Wildman–Crippen MR) is 63.7 cm³/mol. The number of carboxylic acid groups (broad SMARTS) is 1. The van der Waals surface area contributed by atoms with E-state index in [-0.39, 0.29) is 6.42 Å². The lowest BCUT2D eigenvalue weighted by atomic mass is 10.0. The van der Waals surface area contributed by atoms with Gasteiger partial charge in [0.15, 0.2) is 11.5 Å². The molecule has 0 saturated heterocycles. The first-order valence-corrected chi connectivity index (χ1v) is 5.26. The van der Waals surface area contributed by atoms with Crippen LogP contribution in [0.2, 0.25) is 0 Å². The van der Waals surface area contributed by atoms with Crippen molar-refractivity contribution < 1.29 is 24.2 Å². The summed E-state index contributed by atoms with van der Waals surface area (Å²) in [6.45, 7) is 0. The van der Waals surface area contributed by atoms with Crippen molar-refractivity contribution in [2.24, 2.45) is 0 Å². The van der Waals surface area contributed by atoms with E-state index in [1.165, 1.54) is 14.2 Å². The van der Waals surface area contributed by atoms with Crippen molar-refractivity contribution in [2.75, 3.05) is 14.2 Å². The molecule has 1 aromatic carbocycles. The van der Waals surface area contributed by atoms with Crippen molar-refractivity contribution in [1.29, 1.82) is 0 Å². The minimum atomic E-state index is -1.01. The number of aliphatic carboxylic acids is 1. The second-order valence-corrected chi connectivity index (χ2v) is 3.52. The maximum absolute atomic E-state index is 10.8. The van der Waals surface area contributed by atoms with E-state index >= 15 is 0 Å². The van der Waals surface area contributed by atoms with E-state index in [1.807, 2.05) is 0 Å². The van der Waals surface area contributed by atoms with Gasteiger partial charge in [0.05, 0.1) is 26.7 Å². The number of carboxylic acids is 1. The molecule has 0 spiro atoms. The Balaban J connectivity index is 3.17. The van der Waals surface area contributed by atoms with Crippen LogP contribution in [0.25, 0.3) is 0 Å². The van der Waals surface area contributed by atoms with E-state index in [2.05, 4.69) is 5.32 Å². The average Bonchev–Trinajstić information content (AvgIpc) is 2.36. The second-order valence-electron chi connectivity index (χ2n) is 3.52. The molecule has 0 aliphatic rings. The SMILES string of the molecule is COc1cccc(C(CC(=O)O)NC=O)c1OC. The molecule has 0 bridgehead atoms. The van der Waals surface area contributed by atoms with Gasteiger partial charge in [-0.3, -0.25) is 9.59 Å². The monoisotopic (exact) mass is 253 g/mol. The van der Waals surface area contributed by atoms with Crippen LogP contribution >= 0.6 is 0 Å². The highest BCUT2D eigenvalue weighted by Crippen LogP contribution is 2.35. The first-order chi connectivity index (χ1) is 8.63. The van der Waals surface area contributed by atoms with Crippen molar-refractivity contribution in [3.8, 4) is 11.5 Å². The molecule has 1 unspecified atom stereocenters. The number of hydrogen-bond acceptors (Lipinski definition) is 4. The van der Waals surface area contributed by atoms with Crippen LogP contribution in [0.1, 0.15) is 18.0 Å². The number of nitrogens with one attached hydrogen (secondary N) is 1. The Morgan fingerprint density at radius 2 is 2.17 bits per heavy atom. The van der Waals surface area contributed by atoms with Gasteiger partial charge in [0.2, 0.25) is 6.41 Å². The second kappa shape index (κ2) is 6.48. The van der Waals surface area contributed by atoms with Gasteiger partial charge in [-0.05, 0) is 6.07 Å². The van der Waals surface area contributed by atoms with Gasteiger partial charge < -0.3 is 19.9 Å². The summed E-state index contributed by atoms with van der Waals surface area (Å²) < 4.78 is 10.3. The molecule has 2 N–H and O–H groups in total. The smallest absolute Gasteiger partial charge is 0.305 e. The van der Waals surface area contributed by atoms with E-state index in [1.54, 1.807) is 18.2 Å². The van der Waals surface area contributed by atoms with Crippen LogP contribution < -0.4 is 14.8 Å². The van der Waals surface area contributed by atoms with E-state index in [4.69, 9.17) is 14.6 Å². The number of methoxy groups -OCH3 is 2. The molecular formula is C12H15NO5. The Hall–Kier alpha value is -2.24. The van der Waals surface area contributed by atoms with E-state index in [0.29, 0.717) is 23.5 Å². The zero-order chi connectivity index (χ0) is 13.5. The summed E-state index contributed by atoms with van der Waals surface area (Å²) >= 11 is 0. The van der Waals surface area contributed by atoms with Gasteiger partial charge in [-0.2, -0.15) is 0 Å². The largest absolute Gasteiger partial charge is 0.493 e. The maximum atomic E-state index is 10.8. The van der Waals surface area contributed by atoms with Gasteiger partial charge in [-0.25, -0.2) is 0 Å². The molecule has 1 aromatic rings. The minimum Gasteiger partial charge on any atom is -0.493 e. The molecule has 1 amide bonds. The number of rotatable bonds is 7. The van der Waals surface area contributed by atoms with Crippen molar-refractivity contribution in [2.45, 2.75) is 12.5 Å². The first-order valence-electron chi connectivity index (χ1n) is 5.26. The number of para-hydroxylation sites is 1. The summed E-state index contributed by atoms with van der Waals surface area (Å²) in [5, 5.41) is 11.3. The zero-order valence-electron chi connectivity index (χ0n) is 10.2. The third-order valence-electron chi connectivity index (χ3n) is 2.46. The van der Waals surface area contributed by atoms with Crippen LogP contribution in [0.4, 0.5) is 0 Å². The third-order valence-corrected chi connectivity index (χ3v) is 2.46. The lowest BCUT2D eigenvalue weighted by Gasteiger charge is -2.19. The summed E-state index contributed by atoms with van der Waals surface area (Å²) in [6.07, 6.45) is 0.231. The van der Waals surface area contributed by atoms with Crippen LogP contribution in [0.5, 0.6) is 11.5 Å². The van der Waals surface area contributed by atoms with Crippen LogP contribution in [-0.4, -0.2) is 31.7 Å². The number of ether oxygens (including phenoxy) is 2. The first kappa shape index (κ1) is 13.8. The quantitative estimate of drug-likeness (QED) is 0.707. The molecule has 0 aliphatic heterocycles. The molecule has 0 heterocycles. The van der Waals surface area contributed by atoms with Crippen molar-refractivity contribution >= 4 is 12.4 Å². The van der Waals surface area contributed by atoms with Crippen LogP contribution in [-0.2, 0) is 9.59 Å². The van der Waals surface area contributed by atoms with Gasteiger partial charge in [-0.15, -0.1) is 0 Å².